The number of hydrogen-bond acceptors (Lipinski definition) is 2. The highest BCUT2D eigenvalue weighted by molar-refractivity contribution is 5.82. The van der Waals surface area contributed by atoms with Crippen LogP contribution in [0.2, 0.25) is 0 Å². The third-order valence-electron chi connectivity index (χ3n) is 3.27. The van der Waals surface area contributed by atoms with E-state index in [2.05, 4.69) is 19.2 Å². The first-order valence-electron chi connectivity index (χ1n) is 6.15. The minimum atomic E-state index is 0.0663. The lowest BCUT2D eigenvalue weighted by Crippen LogP contribution is -2.44. The number of amides is 1. The van der Waals surface area contributed by atoms with Crippen molar-refractivity contribution in [2.24, 2.45) is 5.92 Å². The van der Waals surface area contributed by atoms with Gasteiger partial charge in [0, 0.05) is 13.6 Å². The van der Waals surface area contributed by atoms with Gasteiger partial charge in [-0.2, -0.15) is 0 Å². The molecule has 3 heteroatoms. The number of nitrogens with zero attached hydrogens (tertiary/aromatic N) is 1. The Morgan fingerprint density at radius 3 is 2.73 bits per heavy atom. The van der Waals surface area contributed by atoms with Crippen LogP contribution in [0.4, 0.5) is 0 Å². The van der Waals surface area contributed by atoms with Gasteiger partial charge in [0.05, 0.1) is 6.04 Å². The van der Waals surface area contributed by atoms with Crippen LogP contribution < -0.4 is 5.32 Å². The normalized spacial score (nSPS) is 25.5. The molecular formula is C12H24N2O. The minimum absolute atomic E-state index is 0.0663. The maximum Gasteiger partial charge on any atom is 0.239 e. The molecule has 1 saturated heterocycles. The summed E-state index contributed by atoms with van der Waals surface area (Å²) >= 11 is 0. The van der Waals surface area contributed by atoms with E-state index in [0.29, 0.717) is 5.92 Å². The zero-order valence-electron chi connectivity index (χ0n) is 10.3. The fourth-order valence-corrected chi connectivity index (χ4v) is 2.11. The van der Waals surface area contributed by atoms with Gasteiger partial charge in [-0.05, 0) is 25.3 Å². The maximum absolute atomic E-state index is 12.0. The van der Waals surface area contributed by atoms with E-state index < -0.39 is 0 Å². The summed E-state index contributed by atoms with van der Waals surface area (Å²) < 4.78 is 0. The molecule has 1 rings (SSSR count). The molecule has 0 aromatic heterocycles. The molecule has 0 spiro atoms. The van der Waals surface area contributed by atoms with Crippen molar-refractivity contribution in [3.05, 3.63) is 0 Å². The molecule has 0 bridgehead atoms. The zero-order chi connectivity index (χ0) is 11.3. The van der Waals surface area contributed by atoms with Crippen molar-refractivity contribution in [1.82, 2.24) is 10.2 Å². The summed E-state index contributed by atoms with van der Waals surface area (Å²) in [6, 6.07) is 0.0663. The Labute approximate surface area is 93.2 Å². The fourth-order valence-electron chi connectivity index (χ4n) is 2.11. The Balaban J connectivity index is 2.31. The average Bonchev–Trinajstić information content (AvgIpc) is 2.63. The van der Waals surface area contributed by atoms with Gasteiger partial charge in [-0.15, -0.1) is 0 Å². The highest BCUT2D eigenvalue weighted by Gasteiger charge is 2.30. The number of carbonyl (C=O) groups excluding carboxylic acids is 1. The molecule has 0 aromatic rings. The summed E-state index contributed by atoms with van der Waals surface area (Å²) in [5, 5.41) is 3.29. The Morgan fingerprint density at radius 1 is 1.47 bits per heavy atom. The summed E-state index contributed by atoms with van der Waals surface area (Å²) in [5.41, 5.74) is 0. The lowest BCUT2D eigenvalue weighted by Gasteiger charge is -2.23. The monoisotopic (exact) mass is 212 g/mol. The molecule has 1 aliphatic heterocycles. The summed E-state index contributed by atoms with van der Waals surface area (Å²) in [5.74, 6) is 0.766. The van der Waals surface area contributed by atoms with Crippen molar-refractivity contribution in [2.75, 3.05) is 20.1 Å². The predicted molar refractivity (Wildman–Crippen MR) is 62.7 cm³/mol. The van der Waals surface area contributed by atoms with Crippen LogP contribution >= 0.6 is 0 Å². The SMILES string of the molecule is CCCCCN(C)C(=O)C1NCCC1C. The highest BCUT2D eigenvalue weighted by atomic mass is 16.2. The fraction of sp³-hybridized carbons (Fsp3) is 0.917. The lowest BCUT2D eigenvalue weighted by molar-refractivity contribution is -0.132. The molecule has 1 heterocycles. The van der Waals surface area contributed by atoms with Crippen molar-refractivity contribution in [3.8, 4) is 0 Å². The van der Waals surface area contributed by atoms with Crippen LogP contribution in [0.15, 0.2) is 0 Å². The predicted octanol–water partition coefficient (Wildman–Crippen LogP) is 1.63. The molecule has 1 N–H and O–H groups in total. The summed E-state index contributed by atoms with van der Waals surface area (Å²) in [6.45, 7) is 6.23. The van der Waals surface area contributed by atoms with Gasteiger partial charge in [0.2, 0.25) is 5.91 Å². The van der Waals surface area contributed by atoms with Crippen molar-refractivity contribution < 1.29 is 4.79 Å². The van der Waals surface area contributed by atoms with E-state index in [1.165, 1.54) is 12.8 Å². The second kappa shape index (κ2) is 6.11. The minimum Gasteiger partial charge on any atom is -0.344 e. The third kappa shape index (κ3) is 3.49. The molecule has 15 heavy (non-hydrogen) atoms. The van der Waals surface area contributed by atoms with E-state index in [1.54, 1.807) is 0 Å². The van der Waals surface area contributed by atoms with Gasteiger partial charge >= 0.3 is 0 Å². The molecule has 1 aliphatic rings. The highest BCUT2D eigenvalue weighted by Crippen LogP contribution is 2.16. The largest absolute Gasteiger partial charge is 0.344 e. The van der Waals surface area contributed by atoms with Gasteiger partial charge < -0.3 is 10.2 Å². The molecule has 2 unspecified atom stereocenters. The van der Waals surface area contributed by atoms with Gasteiger partial charge in [0.15, 0.2) is 0 Å². The molecule has 2 atom stereocenters. The molecule has 0 radical (unpaired) electrons. The topological polar surface area (TPSA) is 32.3 Å². The quantitative estimate of drug-likeness (QED) is 0.703. The van der Waals surface area contributed by atoms with Gasteiger partial charge in [-0.3, -0.25) is 4.79 Å². The molecule has 88 valence electrons. The summed E-state index contributed by atoms with van der Waals surface area (Å²) in [4.78, 5) is 13.9. The molecule has 1 amide bonds. The average molecular weight is 212 g/mol. The lowest BCUT2D eigenvalue weighted by atomic mass is 10.0. The van der Waals surface area contributed by atoms with E-state index in [9.17, 15) is 4.79 Å². The number of hydrogen-bond donors (Lipinski definition) is 1. The molecule has 3 nitrogen and oxygen atoms in total. The van der Waals surface area contributed by atoms with E-state index in [-0.39, 0.29) is 11.9 Å². The van der Waals surface area contributed by atoms with Crippen LogP contribution in [0.5, 0.6) is 0 Å². The van der Waals surface area contributed by atoms with Gasteiger partial charge in [-0.1, -0.05) is 26.7 Å². The second-order valence-electron chi connectivity index (χ2n) is 4.66. The Bertz CT molecular complexity index is 206. The first-order valence-corrected chi connectivity index (χ1v) is 6.15. The van der Waals surface area contributed by atoms with Crippen LogP contribution in [0, 0.1) is 5.92 Å². The number of likely N-dealkylation sites (N-methyl/N-ethyl adjacent to an activating group) is 1. The van der Waals surface area contributed by atoms with Gasteiger partial charge in [-0.25, -0.2) is 0 Å². The Hall–Kier alpha value is -0.570. The molecule has 0 aliphatic carbocycles. The van der Waals surface area contributed by atoms with E-state index >= 15 is 0 Å². The van der Waals surface area contributed by atoms with Crippen LogP contribution in [0.1, 0.15) is 39.5 Å². The van der Waals surface area contributed by atoms with Crippen molar-refractivity contribution >= 4 is 5.91 Å². The molecular weight excluding hydrogens is 188 g/mol. The zero-order valence-corrected chi connectivity index (χ0v) is 10.3. The van der Waals surface area contributed by atoms with Gasteiger partial charge in [0.25, 0.3) is 0 Å². The summed E-state index contributed by atoms with van der Waals surface area (Å²) in [7, 11) is 1.92. The van der Waals surface area contributed by atoms with Gasteiger partial charge in [0.1, 0.15) is 0 Å². The smallest absolute Gasteiger partial charge is 0.239 e. The van der Waals surface area contributed by atoms with Crippen molar-refractivity contribution in [2.45, 2.75) is 45.6 Å². The first-order chi connectivity index (χ1) is 7.16. The molecule has 0 saturated carbocycles. The van der Waals surface area contributed by atoms with Crippen molar-refractivity contribution in [3.63, 3.8) is 0 Å². The summed E-state index contributed by atoms with van der Waals surface area (Å²) in [6.07, 6.45) is 4.67. The number of rotatable bonds is 5. The maximum atomic E-state index is 12.0. The third-order valence-corrected chi connectivity index (χ3v) is 3.27. The second-order valence-corrected chi connectivity index (χ2v) is 4.66. The van der Waals surface area contributed by atoms with Crippen LogP contribution in [0.3, 0.4) is 0 Å². The van der Waals surface area contributed by atoms with Crippen LogP contribution in [0.25, 0.3) is 0 Å². The van der Waals surface area contributed by atoms with E-state index in [4.69, 9.17) is 0 Å². The molecule has 1 fully saturated rings. The number of carbonyl (C=O) groups is 1. The van der Waals surface area contributed by atoms with Crippen LogP contribution in [-0.2, 0) is 4.79 Å². The number of unbranched alkanes of at least 4 members (excludes halogenated alkanes) is 2. The molecule has 0 aromatic carbocycles. The van der Waals surface area contributed by atoms with E-state index in [1.807, 2.05) is 11.9 Å². The first kappa shape index (κ1) is 12.5. The Morgan fingerprint density at radius 2 is 2.20 bits per heavy atom. The van der Waals surface area contributed by atoms with Crippen LogP contribution in [-0.4, -0.2) is 37.0 Å². The Kier molecular flexibility index (Phi) is 5.09. The number of nitrogens with one attached hydrogen (secondary N) is 1. The van der Waals surface area contributed by atoms with E-state index in [0.717, 1.165) is 25.9 Å². The standard InChI is InChI=1S/C12H24N2O/c1-4-5-6-9-14(3)12(15)11-10(2)7-8-13-11/h10-11,13H,4-9H2,1-3H3. The van der Waals surface area contributed by atoms with Crippen molar-refractivity contribution in [1.29, 1.82) is 0 Å².